The van der Waals surface area contributed by atoms with E-state index in [1.807, 2.05) is 0 Å². The standard InChI is InChI=1S/C9H8ClF4NO/c10-7-3-6(1-2-8(7)11)4-15-16-5-9(12,13)14/h1-3,15H,4-5H2. The van der Waals surface area contributed by atoms with Crippen LogP contribution in [0.1, 0.15) is 5.56 Å². The van der Waals surface area contributed by atoms with Crippen LogP contribution >= 0.6 is 11.6 Å². The molecule has 0 bridgehead atoms. The molecule has 0 amide bonds. The third kappa shape index (κ3) is 4.78. The SMILES string of the molecule is Fc1ccc(CNOCC(F)(F)F)cc1Cl. The molecule has 0 atom stereocenters. The quantitative estimate of drug-likeness (QED) is 0.508. The van der Waals surface area contributed by atoms with Crippen molar-refractivity contribution in [2.24, 2.45) is 0 Å². The number of hydrogen-bond donors (Lipinski definition) is 1. The molecule has 1 aromatic carbocycles. The second-order valence-corrected chi connectivity index (χ2v) is 3.38. The first-order chi connectivity index (χ1) is 7.38. The van der Waals surface area contributed by atoms with Gasteiger partial charge in [0.25, 0.3) is 0 Å². The molecule has 1 aromatic rings. The van der Waals surface area contributed by atoms with E-state index in [0.29, 0.717) is 5.56 Å². The van der Waals surface area contributed by atoms with Gasteiger partial charge in [0.2, 0.25) is 0 Å². The fourth-order valence-electron chi connectivity index (χ4n) is 0.917. The maximum absolute atomic E-state index is 12.7. The van der Waals surface area contributed by atoms with Crippen molar-refractivity contribution in [1.82, 2.24) is 5.48 Å². The lowest BCUT2D eigenvalue weighted by Crippen LogP contribution is -2.24. The van der Waals surface area contributed by atoms with Crippen molar-refractivity contribution in [3.63, 3.8) is 0 Å². The summed E-state index contributed by atoms with van der Waals surface area (Å²) in [5, 5.41) is -0.0879. The van der Waals surface area contributed by atoms with Gasteiger partial charge >= 0.3 is 6.18 Å². The lowest BCUT2D eigenvalue weighted by molar-refractivity contribution is -0.190. The minimum absolute atomic E-state index is 0.0100. The number of hydroxylamine groups is 1. The zero-order valence-corrected chi connectivity index (χ0v) is 8.70. The zero-order chi connectivity index (χ0) is 12.2. The molecule has 2 nitrogen and oxygen atoms in total. The average Bonchev–Trinajstić information content (AvgIpc) is 2.17. The minimum atomic E-state index is -4.38. The zero-order valence-electron chi connectivity index (χ0n) is 7.94. The second kappa shape index (κ2) is 5.47. The Hall–Kier alpha value is -0.850. The molecular formula is C9H8ClF4NO. The molecule has 0 spiro atoms. The van der Waals surface area contributed by atoms with Crippen LogP contribution in [0.5, 0.6) is 0 Å². The van der Waals surface area contributed by atoms with Gasteiger partial charge in [-0.25, -0.2) is 4.39 Å². The van der Waals surface area contributed by atoms with E-state index in [1.165, 1.54) is 12.1 Å². The molecule has 7 heteroatoms. The average molecular weight is 258 g/mol. The number of halogens is 5. The Bertz CT molecular complexity index is 356. The molecule has 0 aliphatic heterocycles. The number of nitrogens with one attached hydrogen (secondary N) is 1. The fourth-order valence-corrected chi connectivity index (χ4v) is 1.12. The summed E-state index contributed by atoms with van der Waals surface area (Å²) in [5.74, 6) is -0.582. The molecule has 0 radical (unpaired) electrons. The van der Waals surface area contributed by atoms with Crippen molar-refractivity contribution in [2.75, 3.05) is 6.61 Å². The highest BCUT2D eigenvalue weighted by Gasteiger charge is 2.27. The Morgan fingerprint density at radius 2 is 2.00 bits per heavy atom. The summed E-state index contributed by atoms with van der Waals surface area (Å²) >= 11 is 5.48. The van der Waals surface area contributed by atoms with Crippen LogP contribution in [0.2, 0.25) is 5.02 Å². The maximum atomic E-state index is 12.7. The minimum Gasteiger partial charge on any atom is -0.292 e. The molecule has 0 heterocycles. The highest BCUT2D eigenvalue weighted by atomic mass is 35.5. The van der Waals surface area contributed by atoms with Crippen molar-refractivity contribution in [3.8, 4) is 0 Å². The van der Waals surface area contributed by atoms with Gasteiger partial charge in [-0.3, -0.25) is 4.84 Å². The molecule has 0 aliphatic carbocycles. The van der Waals surface area contributed by atoms with E-state index in [0.717, 1.165) is 6.07 Å². The summed E-state index contributed by atoms with van der Waals surface area (Å²) in [5.41, 5.74) is 2.63. The Labute approximate surface area is 94.1 Å². The fraction of sp³-hybridized carbons (Fsp3) is 0.333. The predicted octanol–water partition coefficient (Wildman–Crippen LogP) is 3.06. The third-order valence-electron chi connectivity index (χ3n) is 1.60. The monoisotopic (exact) mass is 257 g/mol. The highest BCUT2D eigenvalue weighted by molar-refractivity contribution is 6.30. The van der Waals surface area contributed by atoms with Crippen LogP contribution in [0, 0.1) is 5.82 Å². The van der Waals surface area contributed by atoms with E-state index in [1.54, 1.807) is 0 Å². The van der Waals surface area contributed by atoms with E-state index in [4.69, 9.17) is 11.6 Å². The van der Waals surface area contributed by atoms with Gasteiger partial charge in [0.1, 0.15) is 5.82 Å². The van der Waals surface area contributed by atoms with Crippen molar-refractivity contribution in [1.29, 1.82) is 0 Å². The summed E-state index contributed by atoms with van der Waals surface area (Å²) < 4.78 is 47.7. The molecule has 1 rings (SSSR count). The Morgan fingerprint density at radius 3 is 2.56 bits per heavy atom. The van der Waals surface area contributed by atoms with Gasteiger partial charge in [-0.2, -0.15) is 18.7 Å². The third-order valence-corrected chi connectivity index (χ3v) is 1.89. The number of hydrogen-bond acceptors (Lipinski definition) is 2. The van der Waals surface area contributed by atoms with Crippen molar-refractivity contribution in [3.05, 3.63) is 34.6 Å². The molecule has 0 aromatic heterocycles. The van der Waals surface area contributed by atoms with E-state index >= 15 is 0 Å². The van der Waals surface area contributed by atoms with E-state index in [-0.39, 0.29) is 11.6 Å². The first-order valence-corrected chi connectivity index (χ1v) is 4.61. The maximum Gasteiger partial charge on any atom is 0.413 e. The molecule has 90 valence electrons. The van der Waals surface area contributed by atoms with Crippen molar-refractivity contribution >= 4 is 11.6 Å². The first-order valence-electron chi connectivity index (χ1n) is 4.24. The summed E-state index contributed by atoms with van der Waals surface area (Å²) in [7, 11) is 0. The van der Waals surface area contributed by atoms with Crippen LogP contribution in [0.15, 0.2) is 18.2 Å². The van der Waals surface area contributed by atoms with Gasteiger partial charge in [-0.15, -0.1) is 0 Å². The Morgan fingerprint density at radius 1 is 1.31 bits per heavy atom. The highest BCUT2D eigenvalue weighted by Crippen LogP contribution is 2.16. The van der Waals surface area contributed by atoms with Crippen LogP contribution < -0.4 is 5.48 Å². The summed E-state index contributed by atoms with van der Waals surface area (Å²) in [6, 6.07) is 3.83. The molecule has 0 saturated heterocycles. The van der Waals surface area contributed by atoms with Gasteiger partial charge in [-0.05, 0) is 17.7 Å². The summed E-state index contributed by atoms with van der Waals surface area (Å²) in [6.07, 6.45) is -4.38. The number of rotatable bonds is 4. The topological polar surface area (TPSA) is 21.3 Å². The molecule has 0 unspecified atom stereocenters. The van der Waals surface area contributed by atoms with Crippen LogP contribution in [0.3, 0.4) is 0 Å². The second-order valence-electron chi connectivity index (χ2n) is 2.97. The molecule has 0 aliphatic rings. The van der Waals surface area contributed by atoms with Crippen molar-refractivity contribution in [2.45, 2.75) is 12.7 Å². The Balaban J connectivity index is 2.35. The largest absolute Gasteiger partial charge is 0.413 e. The van der Waals surface area contributed by atoms with Gasteiger partial charge in [0.05, 0.1) is 5.02 Å². The number of alkyl halides is 3. The normalized spacial score (nSPS) is 11.8. The van der Waals surface area contributed by atoms with Gasteiger partial charge in [0, 0.05) is 6.54 Å². The summed E-state index contributed by atoms with van der Waals surface area (Å²) in [4.78, 5) is 4.16. The number of benzene rings is 1. The van der Waals surface area contributed by atoms with E-state index < -0.39 is 18.6 Å². The molecule has 0 fully saturated rings. The van der Waals surface area contributed by atoms with Gasteiger partial charge in [0.15, 0.2) is 6.61 Å². The summed E-state index contributed by atoms with van der Waals surface area (Å²) in [6.45, 7) is -1.38. The van der Waals surface area contributed by atoms with Crippen LogP contribution in [-0.4, -0.2) is 12.8 Å². The van der Waals surface area contributed by atoms with Crippen LogP contribution in [0.25, 0.3) is 0 Å². The molecule has 0 saturated carbocycles. The molecular weight excluding hydrogens is 250 g/mol. The van der Waals surface area contributed by atoms with Crippen LogP contribution in [0.4, 0.5) is 17.6 Å². The van der Waals surface area contributed by atoms with Crippen molar-refractivity contribution < 1.29 is 22.4 Å². The van der Waals surface area contributed by atoms with E-state index in [9.17, 15) is 17.6 Å². The lowest BCUT2D eigenvalue weighted by atomic mass is 10.2. The molecule has 1 N–H and O–H groups in total. The Kier molecular flexibility index (Phi) is 4.52. The lowest BCUT2D eigenvalue weighted by Gasteiger charge is -2.08. The predicted molar refractivity (Wildman–Crippen MR) is 50.3 cm³/mol. The van der Waals surface area contributed by atoms with Crippen LogP contribution in [-0.2, 0) is 11.4 Å². The molecule has 16 heavy (non-hydrogen) atoms. The van der Waals surface area contributed by atoms with Gasteiger partial charge in [-0.1, -0.05) is 17.7 Å². The first kappa shape index (κ1) is 13.2. The van der Waals surface area contributed by atoms with E-state index in [2.05, 4.69) is 10.3 Å². The van der Waals surface area contributed by atoms with Gasteiger partial charge < -0.3 is 0 Å². The smallest absolute Gasteiger partial charge is 0.292 e.